The maximum atomic E-state index is 13.6. The number of phenolic OH excluding ortho intramolecular Hbond substituents is 1. The van der Waals surface area contributed by atoms with Crippen LogP contribution in [0.2, 0.25) is 0 Å². The van der Waals surface area contributed by atoms with Crippen molar-refractivity contribution >= 4 is 5.91 Å². The van der Waals surface area contributed by atoms with Crippen molar-refractivity contribution in [1.29, 1.82) is 0 Å². The first-order valence-electron chi connectivity index (χ1n) is 6.95. The average molecular weight is 285 g/mol. The number of aromatic hydroxyl groups is 1. The minimum absolute atomic E-state index is 0.00621. The van der Waals surface area contributed by atoms with Gasteiger partial charge in [-0.15, -0.1) is 0 Å². The molecule has 0 unspecified atom stereocenters. The Morgan fingerprint density at radius 3 is 2.81 bits per heavy atom. The Bertz CT molecular complexity index is 671. The van der Waals surface area contributed by atoms with Gasteiger partial charge in [-0.3, -0.25) is 4.79 Å². The highest BCUT2D eigenvalue weighted by molar-refractivity contribution is 5.79. The van der Waals surface area contributed by atoms with E-state index in [0.717, 1.165) is 12.0 Å². The van der Waals surface area contributed by atoms with E-state index in [4.69, 9.17) is 0 Å². The van der Waals surface area contributed by atoms with E-state index in [9.17, 15) is 14.3 Å². The molecule has 4 heteroatoms. The molecule has 1 saturated carbocycles. The van der Waals surface area contributed by atoms with Gasteiger partial charge in [0.25, 0.3) is 0 Å². The largest absolute Gasteiger partial charge is 0.508 e. The van der Waals surface area contributed by atoms with Crippen LogP contribution in [0.15, 0.2) is 48.5 Å². The van der Waals surface area contributed by atoms with Gasteiger partial charge in [0.05, 0.1) is 6.42 Å². The van der Waals surface area contributed by atoms with Crippen molar-refractivity contribution < 1.29 is 14.3 Å². The Morgan fingerprint density at radius 2 is 2.05 bits per heavy atom. The summed E-state index contributed by atoms with van der Waals surface area (Å²) in [6.45, 7) is 0. The number of carbonyl (C=O) groups excluding carboxylic acids is 1. The standard InChI is InChI=1S/C17H16FNO2/c18-15-7-2-1-6-13(15)14-10-16(14)19-17(21)9-11-4-3-5-12(20)8-11/h1-8,14,16,20H,9-10H2,(H,19,21)/t14-,16+/m1/s1. The fraction of sp³-hybridized carbons (Fsp3) is 0.235. The number of rotatable bonds is 4. The Kier molecular flexibility index (Phi) is 3.60. The topological polar surface area (TPSA) is 49.3 Å². The molecule has 0 heterocycles. The zero-order chi connectivity index (χ0) is 14.8. The lowest BCUT2D eigenvalue weighted by Crippen LogP contribution is -2.28. The molecule has 1 aliphatic rings. The third-order valence-corrected chi connectivity index (χ3v) is 3.72. The summed E-state index contributed by atoms with van der Waals surface area (Å²) in [5.74, 6) is -0.105. The number of phenols is 1. The molecule has 0 aliphatic heterocycles. The van der Waals surface area contributed by atoms with E-state index in [1.54, 1.807) is 36.4 Å². The highest BCUT2D eigenvalue weighted by atomic mass is 19.1. The molecule has 0 radical (unpaired) electrons. The molecule has 3 nitrogen and oxygen atoms in total. The molecule has 1 fully saturated rings. The van der Waals surface area contributed by atoms with E-state index >= 15 is 0 Å². The van der Waals surface area contributed by atoms with Crippen molar-refractivity contribution in [3.8, 4) is 5.75 Å². The molecule has 2 N–H and O–H groups in total. The van der Waals surface area contributed by atoms with Gasteiger partial charge in [-0.1, -0.05) is 30.3 Å². The molecular weight excluding hydrogens is 269 g/mol. The summed E-state index contributed by atoms with van der Waals surface area (Å²) in [5, 5.41) is 12.3. The molecule has 1 aliphatic carbocycles. The van der Waals surface area contributed by atoms with Gasteiger partial charge in [-0.05, 0) is 35.7 Å². The third-order valence-electron chi connectivity index (χ3n) is 3.72. The van der Waals surface area contributed by atoms with Crippen molar-refractivity contribution in [3.05, 3.63) is 65.5 Å². The molecule has 0 spiro atoms. The summed E-state index contributed by atoms with van der Waals surface area (Å²) in [6.07, 6.45) is 0.988. The highest BCUT2D eigenvalue weighted by Crippen LogP contribution is 2.41. The van der Waals surface area contributed by atoms with Gasteiger partial charge in [-0.25, -0.2) is 4.39 Å². The second kappa shape index (κ2) is 5.56. The van der Waals surface area contributed by atoms with Crippen LogP contribution in [0.25, 0.3) is 0 Å². The van der Waals surface area contributed by atoms with Crippen LogP contribution in [-0.2, 0) is 11.2 Å². The summed E-state index contributed by atoms with van der Waals surface area (Å²) in [7, 11) is 0. The molecule has 2 aromatic carbocycles. The van der Waals surface area contributed by atoms with Crippen molar-refractivity contribution in [2.75, 3.05) is 0 Å². The lowest BCUT2D eigenvalue weighted by molar-refractivity contribution is -0.120. The summed E-state index contributed by atoms with van der Waals surface area (Å²) < 4.78 is 13.6. The maximum Gasteiger partial charge on any atom is 0.224 e. The predicted octanol–water partition coefficient (Wildman–Crippen LogP) is 2.75. The van der Waals surface area contributed by atoms with E-state index in [1.165, 1.54) is 6.07 Å². The van der Waals surface area contributed by atoms with Gasteiger partial charge in [0.1, 0.15) is 11.6 Å². The number of nitrogens with one attached hydrogen (secondary N) is 1. The molecule has 21 heavy (non-hydrogen) atoms. The predicted molar refractivity (Wildman–Crippen MR) is 77.5 cm³/mol. The van der Waals surface area contributed by atoms with Crippen LogP contribution in [0.3, 0.4) is 0 Å². The fourth-order valence-corrected chi connectivity index (χ4v) is 2.58. The first kappa shape index (κ1) is 13.6. The number of benzene rings is 2. The molecule has 0 bridgehead atoms. The monoisotopic (exact) mass is 285 g/mol. The average Bonchev–Trinajstić information content (AvgIpc) is 3.18. The van der Waals surface area contributed by atoms with Crippen LogP contribution in [0.1, 0.15) is 23.5 Å². The highest BCUT2D eigenvalue weighted by Gasteiger charge is 2.40. The number of amides is 1. The number of hydrogen-bond donors (Lipinski definition) is 2. The summed E-state index contributed by atoms with van der Waals surface area (Å²) in [5.41, 5.74) is 1.43. The van der Waals surface area contributed by atoms with Crippen LogP contribution in [0.5, 0.6) is 5.75 Å². The molecule has 0 saturated heterocycles. The van der Waals surface area contributed by atoms with Gasteiger partial charge in [0.15, 0.2) is 0 Å². The molecule has 108 valence electrons. The van der Waals surface area contributed by atoms with Crippen LogP contribution in [-0.4, -0.2) is 17.1 Å². The fourth-order valence-electron chi connectivity index (χ4n) is 2.58. The quantitative estimate of drug-likeness (QED) is 0.907. The Hall–Kier alpha value is -2.36. The number of carbonyl (C=O) groups is 1. The van der Waals surface area contributed by atoms with E-state index < -0.39 is 0 Å². The molecule has 1 amide bonds. The Balaban J connectivity index is 1.57. The zero-order valence-electron chi connectivity index (χ0n) is 11.4. The van der Waals surface area contributed by atoms with Crippen molar-refractivity contribution in [2.24, 2.45) is 0 Å². The summed E-state index contributed by atoms with van der Waals surface area (Å²) in [4.78, 5) is 11.9. The van der Waals surface area contributed by atoms with Crippen LogP contribution in [0, 0.1) is 5.82 Å². The molecule has 2 atom stereocenters. The van der Waals surface area contributed by atoms with Crippen molar-refractivity contribution in [2.45, 2.75) is 24.8 Å². The minimum atomic E-state index is -0.216. The summed E-state index contributed by atoms with van der Waals surface area (Å²) >= 11 is 0. The SMILES string of the molecule is O=C(Cc1cccc(O)c1)N[C@H]1C[C@@H]1c1ccccc1F. The van der Waals surface area contributed by atoms with E-state index in [1.807, 2.05) is 6.07 Å². The van der Waals surface area contributed by atoms with Gasteiger partial charge >= 0.3 is 0 Å². The van der Waals surface area contributed by atoms with E-state index in [2.05, 4.69) is 5.32 Å². The van der Waals surface area contributed by atoms with E-state index in [-0.39, 0.29) is 35.9 Å². The van der Waals surface area contributed by atoms with Gasteiger partial charge < -0.3 is 10.4 Å². The number of hydrogen-bond acceptors (Lipinski definition) is 2. The van der Waals surface area contributed by atoms with E-state index in [0.29, 0.717) is 5.56 Å². The normalized spacial score (nSPS) is 20.0. The van der Waals surface area contributed by atoms with Crippen LogP contribution in [0.4, 0.5) is 4.39 Å². The lowest BCUT2D eigenvalue weighted by atomic mass is 10.1. The van der Waals surface area contributed by atoms with Crippen molar-refractivity contribution in [1.82, 2.24) is 5.32 Å². The first-order valence-corrected chi connectivity index (χ1v) is 6.95. The Labute approximate surface area is 122 Å². The van der Waals surface area contributed by atoms with Crippen LogP contribution >= 0.6 is 0 Å². The zero-order valence-corrected chi connectivity index (χ0v) is 11.4. The second-order valence-electron chi connectivity index (χ2n) is 5.38. The second-order valence-corrected chi connectivity index (χ2v) is 5.38. The molecule has 3 rings (SSSR count). The smallest absolute Gasteiger partial charge is 0.224 e. The van der Waals surface area contributed by atoms with Crippen molar-refractivity contribution in [3.63, 3.8) is 0 Å². The van der Waals surface area contributed by atoms with Crippen LogP contribution < -0.4 is 5.32 Å². The maximum absolute atomic E-state index is 13.6. The number of halogens is 1. The summed E-state index contributed by atoms with van der Waals surface area (Å²) in [6, 6.07) is 13.3. The third kappa shape index (κ3) is 3.21. The van der Waals surface area contributed by atoms with Gasteiger partial charge in [0.2, 0.25) is 5.91 Å². The lowest BCUT2D eigenvalue weighted by Gasteiger charge is -2.06. The molecule has 0 aromatic heterocycles. The molecule has 2 aromatic rings. The first-order chi connectivity index (χ1) is 10.1. The minimum Gasteiger partial charge on any atom is -0.508 e. The van der Waals surface area contributed by atoms with Gasteiger partial charge in [0, 0.05) is 12.0 Å². The Morgan fingerprint density at radius 1 is 1.24 bits per heavy atom. The molecular formula is C17H16FNO2. The van der Waals surface area contributed by atoms with Gasteiger partial charge in [-0.2, -0.15) is 0 Å².